The van der Waals surface area contributed by atoms with E-state index in [-0.39, 0.29) is 45.3 Å². The first-order chi connectivity index (χ1) is 17.1. The lowest BCUT2D eigenvalue weighted by Crippen LogP contribution is -2.49. The summed E-state index contributed by atoms with van der Waals surface area (Å²) in [7, 11) is 0. The highest BCUT2D eigenvalue weighted by Gasteiger charge is 2.37. The van der Waals surface area contributed by atoms with Crippen LogP contribution in [0.1, 0.15) is 58.3 Å². The average Bonchev–Trinajstić information content (AvgIpc) is 3.58. The number of fused-ring (bicyclic) bond motifs is 2. The first kappa shape index (κ1) is 22.0. The number of nitrogens with zero attached hydrogens (tertiary/aromatic N) is 4. The summed E-state index contributed by atoms with van der Waals surface area (Å²) in [5.74, 6) is -0.813. The van der Waals surface area contributed by atoms with Crippen LogP contribution in [0.4, 0.5) is 0 Å². The number of piperazine rings is 1. The molecule has 4 aromatic rings. The van der Waals surface area contributed by atoms with Gasteiger partial charge in [0.1, 0.15) is 0 Å². The Hall–Kier alpha value is -3.53. The Balaban J connectivity index is 1.21. The molecule has 2 aromatic heterocycles. The molecule has 2 aromatic carbocycles. The van der Waals surface area contributed by atoms with Gasteiger partial charge in [0, 0.05) is 31.7 Å². The molecule has 1 saturated heterocycles. The second kappa shape index (κ2) is 8.92. The van der Waals surface area contributed by atoms with E-state index in [1.54, 1.807) is 6.07 Å². The van der Waals surface area contributed by atoms with E-state index < -0.39 is 0 Å². The number of carbonyl (C=O) groups is 3. The van der Waals surface area contributed by atoms with Gasteiger partial charge >= 0.3 is 0 Å². The van der Waals surface area contributed by atoms with E-state index in [2.05, 4.69) is 62.2 Å². The van der Waals surface area contributed by atoms with Crippen molar-refractivity contribution in [3.63, 3.8) is 0 Å². The van der Waals surface area contributed by atoms with Crippen molar-refractivity contribution in [3.8, 4) is 0 Å². The molecule has 6 rings (SSSR count). The van der Waals surface area contributed by atoms with Crippen LogP contribution in [0, 0.1) is 0 Å². The molecule has 0 unspecified atom stereocenters. The van der Waals surface area contributed by atoms with Gasteiger partial charge in [-0.25, -0.2) is 0 Å². The van der Waals surface area contributed by atoms with Crippen LogP contribution in [0.5, 0.6) is 0 Å². The highest BCUT2D eigenvalue weighted by atomic mass is 32.1. The monoisotopic (exact) mass is 500 g/mol. The maximum absolute atomic E-state index is 13.3. The minimum Gasteiger partial charge on any atom is -0.335 e. The average molecular weight is 501 g/mol. The number of benzene rings is 2. The van der Waals surface area contributed by atoms with Gasteiger partial charge in [0.15, 0.2) is 11.4 Å². The lowest BCUT2D eigenvalue weighted by Gasteiger charge is -2.39. The zero-order valence-corrected chi connectivity index (χ0v) is 20.2. The van der Waals surface area contributed by atoms with Crippen LogP contribution >= 0.6 is 23.1 Å². The third-order valence-electron chi connectivity index (χ3n) is 6.51. The van der Waals surface area contributed by atoms with Gasteiger partial charge in [-0.1, -0.05) is 60.7 Å². The second-order valence-electron chi connectivity index (χ2n) is 8.53. The fourth-order valence-corrected chi connectivity index (χ4v) is 6.39. The molecule has 1 fully saturated rings. The lowest BCUT2D eigenvalue weighted by atomic mass is 9.96. The van der Waals surface area contributed by atoms with E-state index in [1.807, 2.05) is 17.0 Å². The van der Waals surface area contributed by atoms with Gasteiger partial charge in [0.2, 0.25) is 11.6 Å². The summed E-state index contributed by atoms with van der Waals surface area (Å²) in [5.41, 5.74) is 2.88. The number of hydrogen-bond acceptors (Lipinski definition) is 8. The number of rotatable bonds is 4. The number of hydrogen-bond donors (Lipinski definition) is 0. The van der Waals surface area contributed by atoms with E-state index in [1.165, 1.54) is 11.1 Å². The molecule has 1 aliphatic carbocycles. The summed E-state index contributed by atoms with van der Waals surface area (Å²) in [6.45, 7) is 2.56. The Labute approximate surface area is 210 Å². The van der Waals surface area contributed by atoms with Crippen molar-refractivity contribution in [3.05, 3.63) is 105 Å². The third-order valence-corrected chi connectivity index (χ3v) is 8.16. The van der Waals surface area contributed by atoms with Gasteiger partial charge in [-0.2, -0.15) is 8.75 Å². The highest BCUT2D eigenvalue weighted by molar-refractivity contribution is 7.16. The van der Waals surface area contributed by atoms with Crippen LogP contribution in [0.15, 0.2) is 66.7 Å². The normalized spacial score (nSPS) is 15.9. The van der Waals surface area contributed by atoms with Gasteiger partial charge in [-0.15, -0.1) is 11.3 Å². The Kier molecular flexibility index (Phi) is 5.60. The molecule has 0 N–H and O–H groups in total. The molecule has 2 aliphatic rings. The highest BCUT2D eigenvalue weighted by Crippen LogP contribution is 2.34. The Morgan fingerprint density at radius 3 is 1.97 bits per heavy atom. The van der Waals surface area contributed by atoms with Crippen LogP contribution < -0.4 is 0 Å². The summed E-state index contributed by atoms with van der Waals surface area (Å²) in [6.07, 6.45) is 0. The minimum absolute atomic E-state index is 0.0887. The number of amides is 1. The number of ketones is 2. The molecule has 174 valence electrons. The van der Waals surface area contributed by atoms with E-state index in [4.69, 9.17) is 0 Å². The molecular weight excluding hydrogens is 480 g/mol. The zero-order valence-electron chi connectivity index (χ0n) is 18.6. The van der Waals surface area contributed by atoms with Crippen LogP contribution in [0.25, 0.3) is 0 Å². The first-order valence-corrected chi connectivity index (χ1v) is 12.9. The standard InChI is InChI=1S/C26H20N4O3S2/c31-23-18-15-19(34-25(18)24(32)21-20(23)27-35-28-21)26(33)30-13-11-29(12-14-30)22(16-7-3-1-4-8-16)17-9-5-2-6-10-17/h1-10,15,22H,11-14H2. The van der Waals surface area contributed by atoms with Crippen LogP contribution in [-0.4, -0.2) is 62.2 Å². The van der Waals surface area contributed by atoms with E-state index >= 15 is 0 Å². The van der Waals surface area contributed by atoms with Crippen LogP contribution in [0.2, 0.25) is 0 Å². The number of carbonyl (C=O) groups excluding carboxylic acids is 3. The van der Waals surface area contributed by atoms with E-state index in [0.717, 1.165) is 23.1 Å². The first-order valence-electron chi connectivity index (χ1n) is 11.3. The molecule has 1 aliphatic heterocycles. The van der Waals surface area contributed by atoms with Crippen LogP contribution in [-0.2, 0) is 0 Å². The van der Waals surface area contributed by atoms with Crippen molar-refractivity contribution in [1.29, 1.82) is 0 Å². The zero-order chi connectivity index (χ0) is 23.9. The van der Waals surface area contributed by atoms with Gasteiger partial charge in [0.05, 0.1) is 27.5 Å². The van der Waals surface area contributed by atoms with Gasteiger partial charge in [-0.3, -0.25) is 19.3 Å². The molecule has 3 heterocycles. The second-order valence-corrected chi connectivity index (χ2v) is 10.1. The van der Waals surface area contributed by atoms with Crippen molar-refractivity contribution in [2.45, 2.75) is 6.04 Å². The Morgan fingerprint density at radius 1 is 0.800 bits per heavy atom. The molecule has 7 nitrogen and oxygen atoms in total. The molecule has 0 bridgehead atoms. The maximum Gasteiger partial charge on any atom is 0.264 e. The third kappa shape index (κ3) is 3.81. The maximum atomic E-state index is 13.3. The minimum atomic E-state index is -0.336. The number of thiophene rings is 1. The van der Waals surface area contributed by atoms with Crippen molar-refractivity contribution >= 4 is 40.5 Å². The van der Waals surface area contributed by atoms with Crippen molar-refractivity contribution in [2.75, 3.05) is 26.2 Å². The predicted molar refractivity (Wildman–Crippen MR) is 133 cm³/mol. The van der Waals surface area contributed by atoms with Crippen molar-refractivity contribution < 1.29 is 14.4 Å². The molecule has 9 heteroatoms. The lowest BCUT2D eigenvalue weighted by molar-refractivity contribution is 0.0602. The fourth-order valence-electron chi connectivity index (χ4n) is 4.78. The molecular formula is C26H20N4O3S2. The smallest absolute Gasteiger partial charge is 0.264 e. The SMILES string of the molecule is O=C1c2cc(C(=O)N3CCN(C(c4ccccc4)c4ccccc4)CC3)sc2C(=O)c2nsnc21. The molecule has 1 amide bonds. The largest absolute Gasteiger partial charge is 0.335 e. The van der Waals surface area contributed by atoms with Crippen LogP contribution in [0.3, 0.4) is 0 Å². The molecule has 0 spiro atoms. The molecule has 0 saturated carbocycles. The van der Waals surface area contributed by atoms with Crippen molar-refractivity contribution in [2.24, 2.45) is 0 Å². The van der Waals surface area contributed by atoms with Crippen molar-refractivity contribution in [1.82, 2.24) is 18.5 Å². The summed E-state index contributed by atoms with van der Waals surface area (Å²) in [5, 5.41) is 0. The Bertz CT molecular complexity index is 1340. The quantitative estimate of drug-likeness (QED) is 0.372. The fraction of sp³-hybridized carbons (Fsp3) is 0.192. The van der Waals surface area contributed by atoms with E-state index in [9.17, 15) is 14.4 Å². The molecule has 0 atom stereocenters. The van der Waals surface area contributed by atoms with Gasteiger partial charge < -0.3 is 4.90 Å². The summed E-state index contributed by atoms with van der Waals surface area (Å²) >= 11 is 1.93. The number of aromatic nitrogens is 2. The topological polar surface area (TPSA) is 83.5 Å². The van der Waals surface area contributed by atoms with Gasteiger partial charge in [-0.05, 0) is 17.2 Å². The Morgan fingerprint density at radius 2 is 1.37 bits per heavy atom. The van der Waals surface area contributed by atoms with Gasteiger partial charge in [0.25, 0.3) is 5.91 Å². The summed E-state index contributed by atoms with van der Waals surface area (Å²) in [4.78, 5) is 43.7. The predicted octanol–water partition coefficient (Wildman–Crippen LogP) is 3.92. The summed E-state index contributed by atoms with van der Waals surface area (Å²) in [6, 6.07) is 22.5. The summed E-state index contributed by atoms with van der Waals surface area (Å²) < 4.78 is 7.94. The van der Waals surface area contributed by atoms with E-state index in [0.29, 0.717) is 31.1 Å². The molecule has 0 radical (unpaired) electrons. The molecule has 35 heavy (non-hydrogen) atoms.